The van der Waals surface area contributed by atoms with E-state index in [0.29, 0.717) is 5.69 Å². The van der Waals surface area contributed by atoms with Crippen molar-refractivity contribution < 1.29 is 8.42 Å². The predicted molar refractivity (Wildman–Crippen MR) is 66.5 cm³/mol. The fourth-order valence-electron chi connectivity index (χ4n) is 1.28. The molecule has 0 atom stereocenters. The number of rotatable bonds is 3. The van der Waals surface area contributed by atoms with Crippen LogP contribution in [0.15, 0.2) is 53.7 Å². The fraction of sp³-hybridized carbons (Fsp3) is 0. The Bertz CT molecular complexity index is 614. The van der Waals surface area contributed by atoms with E-state index < -0.39 is 10.0 Å². The zero-order valence-corrected chi connectivity index (χ0v) is 10.2. The summed E-state index contributed by atoms with van der Waals surface area (Å²) >= 11 is 5.82. The summed E-state index contributed by atoms with van der Waals surface area (Å²) in [7, 11) is -3.69. The van der Waals surface area contributed by atoms with Crippen molar-refractivity contribution in [2.75, 3.05) is 4.72 Å². The first-order valence-corrected chi connectivity index (χ1v) is 6.63. The number of nitrogens with zero attached hydrogens (tertiary/aromatic N) is 1. The minimum Gasteiger partial charge on any atom is -0.280 e. The lowest BCUT2D eigenvalue weighted by Crippen LogP contribution is -2.13. The highest BCUT2D eigenvalue weighted by molar-refractivity contribution is 7.92. The number of hydrogen-bond donors (Lipinski definition) is 1. The molecular formula is C11H9ClN2O2S. The molecule has 6 heteroatoms. The van der Waals surface area contributed by atoms with Gasteiger partial charge in [-0.3, -0.25) is 9.71 Å². The van der Waals surface area contributed by atoms with Crippen molar-refractivity contribution in [2.24, 2.45) is 0 Å². The molecule has 2 aromatic rings. The van der Waals surface area contributed by atoms with Gasteiger partial charge in [0.1, 0.15) is 4.90 Å². The minimum absolute atomic E-state index is 0.0366. The molecule has 0 saturated heterocycles. The zero-order valence-electron chi connectivity index (χ0n) is 8.67. The number of anilines is 1. The first kappa shape index (κ1) is 11.9. The van der Waals surface area contributed by atoms with Crippen LogP contribution in [0.1, 0.15) is 0 Å². The molecule has 0 unspecified atom stereocenters. The van der Waals surface area contributed by atoms with Gasteiger partial charge in [-0.05, 0) is 18.2 Å². The van der Waals surface area contributed by atoms with Gasteiger partial charge in [0.2, 0.25) is 0 Å². The van der Waals surface area contributed by atoms with Gasteiger partial charge in [-0.25, -0.2) is 8.42 Å². The number of pyridine rings is 1. The van der Waals surface area contributed by atoms with Crippen LogP contribution < -0.4 is 4.72 Å². The topological polar surface area (TPSA) is 59.1 Å². The van der Waals surface area contributed by atoms with E-state index in [9.17, 15) is 8.42 Å². The lowest BCUT2D eigenvalue weighted by Gasteiger charge is -2.08. The van der Waals surface area contributed by atoms with E-state index in [1.807, 2.05) is 0 Å². The number of hydrogen-bond acceptors (Lipinski definition) is 3. The molecule has 1 heterocycles. The molecule has 0 aliphatic carbocycles. The van der Waals surface area contributed by atoms with Crippen LogP contribution in [0.4, 0.5) is 5.69 Å². The summed E-state index contributed by atoms with van der Waals surface area (Å²) in [6.07, 6.45) is 2.65. The maximum Gasteiger partial charge on any atom is 0.264 e. The van der Waals surface area contributed by atoms with E-state index in [4.69, 9.17) is 11.6 Å². The van der Waals surface area contributed by atoms with Crippen LogP contribution in [0.3, 0.4) is 0 Å². The summed E-state index contributed by atoms with van der Waals surface area (Å²) in [5, 5.41) is 0.142. The van der Waals surface area contributed by atoms with Crippen molar-refractivity contribution in [1.29, 1.82) is 0 Å². The Labute approximate surface area is 104 Å². The van der Waals surface area contributed by atoms with Crippen molar-refractivity contribution >= 4 is 27.3 Å². The van der Waals surface area contributed by atoms with Gasteiger partial charge >= 0.3 is 0 Å². The first-order valence-electron chi connectivity index (χ1n) is 4.77. The largest absolute Gasteiger partial charge is 0.280 e. The number of nitrogens with one attached hydrogen (secondary N) is 1. The minimum atomic E-state index is -3.69. The molecule has 2 rings (SSSR count). The van der Waals surface area contributed by atoms with Crippen molar-refractivity contribution in [2.45, 2.75) is 4.90 Å². The highest BCUT2D eigenvalue weighted by atomic mass is 35.5. The summed E-state index contributed by atoms with van der Waals surface area (Å²) in [6, 6.07) is 10.0. The summed E-state index contributed by atoms with van der Waals surface area (Å²) in [5.41, 5.74) is 0.479. The Hall–Kier alpha value is -1.59. The molecule has 0 radical (unpaired) electrons. The molecule has 0 fully saturated rings. The van der Waals surface area contributed by atoms with Crippen LogP contribution in [0, 0.1) is 0 Å². The Morgan fingerprint density at radius 2 is 1.82 bits per heavy atom. The van der Waals surface area contributed by atoms with E-state index in [2.05, 4.69) is 9.71 Å². The number of benzene rings is 1. The zero-order chi connectivity index (χ0) is 12.3. The molecule has 4 nitrogen and oxygen atoms in total. The highest BCUT2D eigenvalue weighted by Gasteiger charge is 2.17. The summed E-state index contributed by atoms with van der Waals surface area (Å²) in [5.74, 6) is 0. The number of para-hydroxylation sites is 1. The molecule has 0 saturated carbocycles. The lowest BCUT2D eigenvalue weighted by molar-refractivity contribution is 0.601. The van der Waals surface area contributed by atoms with Crippen LogP contribution in [0.2, 0.25) is 5.02 Å². The summed E-state index contributed by atoms with van der Waals surface area (Å²) < 4.78 is 26.4. The van der Waals surface area contributed by atoms with Gasteiger partial charge < -0.3 is 0 Å². The van der Waals surface area contributed by atoms with E-state index in [1.54, 1.807) is 30.3 Å². The Kier molecular flexibility index (Phi) is 3.31. The van der Waals surface area contributed by atoms with Crippen molar-refractivity contribution in [3.05, 3.63) is 53.8 Å². The smallest absolute Gasteiger partial charge is 0.264 e. The quantitative estimate of drug-likeness (QED) is 0.931. The molecule has 0 aliphatic heterocycles. The number of aromatic nitrogens is 1. The molecule has 0 amide bonds. The molecule has 88 valence electrons. The van der Waals surface area contributed by atoms with Gasteiger partial charge in [0.05, 0.1) is 5.02 Å². The summed E-state index contributed by atoms with van der Waals surface area (Å²) in [6.45, 7) is 0. The molecule has 0 aliphatic rings. The van der Waals surface area contributed by atoms with Gasteiger partial charge in [0.25, 0.3) is 10.0 Å². The summed E-state index contributed by atoms with van der Waals surface area (Å²) in [4.78, 5) is 3.71. The second-order valence-corrected chi connectivity index (χ2v) is 5.34. The first-order chi connectivity index (χ1) is 8.09. The molecular weight excluding hydrogens is 260 g/mol. The normalized spacial score (nSPS) is 11.1. The van der Waals surface area contributed by atoms with Gasteiger partial charge in [-0.1, -0.05) is 29.8 Å². The average molecular weight is 269 g/mol. The van der Waals surface area contributed by atoms with Crippen molar-refractivity contribution in [1.82, 2.24) is 4.98 Å². The lowest BCUT2D eigenvalue weighted by atomic mass is 10.3. The maximum atomic E-state index is 12.0. The van der Waals surface area contributed by atoms with E-state index >= 15 is 0 Å². The van der Waals surface area contributed by atoms with Gasteiger partial charge in [-0.15, -0.1) is 0 Å². The van der Waals surface area contributed by atoms with Gasteiger partial charge in [0, 0.05) is 18.1 Å². The standard InChI is InChI=1S/C11H9ClN2O2S/c12-10-6-7-13-8-11(10)17(15,16)14-9-4-2-1-3-5-9/h1-8,14H. The molecule has 17 heavy (non-hydrogen) atoms. The molecule has 1 N–H and O–H groups in total. The van der Waals surface area contributed by atoms with Crippen molar-refractivity contribution in [3.8, 4) is 0 Å². The van der Waals surface area contributed by atoms with Gasteiger partial charge in [-0.2, -0.15) is 0 Å². The molecule has 1 aromatic heterocycles. The monoisotopic (exact) mass is 268 g/mol. The Balaban J connectivity index is 2.36. The van der Waals surface area contributed by atoms with Crippen molar-refractivity contribution in [3.63, 3.8) is 0 Å². The Morgan fingerprint density at radius 3 is 2.47 bits per heavy atom. The fourth-order valence-corrected chi connectivity index (χ4v) is 2.77. The van der Waals surface area contributed by atoms with Crippen LogP contribution >= 0.6 is 11.6 Å². The SMILES string of the molecule is O=S(=O)(Nc1ccccc1)c1cnccc1Cl. The predicted octanol–water partition coefficient (Wildman–Crippen LogP) is 2.54. The van der Waals surface area contributed by atoms with Crippen LogP contribution in [-0.2, 0) is 10.0 Å². The van der Waals surface area contributed by atoms with E-state index in [1.165, 1.54) is 18.5 Å². The third kappa shape index (κ3) is 2.75. The van der Waals surface area contributed by atoms with Gasteiger partial charge in [0.15, 0.2) is 0 Å². The van der Waals surface area contributed by atoms with Crippen LogP contribution in [-0.4, -0.2) is 13.4 Å². The van der Waals surface area contributed by atoms with E-state index in [-0.39, 0.29) is 9.92 Å². The second kappa shape index (κ2) is 4.73. The van der Waals surface area contributed by atoms with Crippen LogP contribution in [0.5, 0.6) is 0 Å². The average Bonchev–Trinajstić information content (AvgIpc) is 2.30. The third-order valence-electron chi connectivity index (χ3n) is 2.05. The third-order valence-corrected chi connectivity index (χ3v) is 3.90. The maximum absolute atomic E-state index is 12.0. The molecule has 1 aromatic carbocycles. The highest BCUT2D eigenvalue weighted by Crippen LogP contribution is 2.21. The second-order valence-electron chi connectivity index (χ2n) is 3.28. The molecule has 0 bridgehead atoms. The van der Waals surface area contributed by atoms with Crippen LogP contribution in [0.25, 0.3) is 0 Å². The van der Waals surface area contributed by atoms with E-state index in [0.717, 1.165) is 0 Å². The number of halogens is 1. The number of sulfonamides is 1. The molecule has 0 spiro atoms. The Morgan fingerprint density at radius 1 is 1.12 bits per heavy atom.